The summed E-state index contributed by atoms with van der Waals surface area (Å²) in [6, 6.07) is 0. The maximum atomic E-state index is 0. The summed E-state index contributed by atoms with van der Waals surface area (Å²) in [5.41, 5.74) is 0. The Bertz CT molecular complexity index is 22.3. The molecule has 0 aliphatic heterocycles. The van der Waals surface area contributed by atoms with E-state index in [0.29, 0.717) is 0 Å². The van der Waals surface area contributed by atoms with Gasteiger partial charge in [0.2, 0.25) is 0 Å². The maximum Gasteiger partial charge on any atom is 1.00 e. The molecular formula is H13Cl6O6Pt-5. The van der Waals surface area contributed by atoms with Crippen molar-refractivity contribution in [2.24, 2.45) is 0 Å². The van der Waals surface area contributed by atoms with Crippen molar-refractivity contribution in [2.45, 2.75) is 0 Å². The first kappa shape index (κ1) is 638. The van der Waals surface area contributed by atoms with Gasteiger partial charge in [0.25, 0.3) is 0 Å². The number of halogens is 6. The van der Waals surface area contributed by atoms with Crippen molar-refractivity contribution < 1.29 is 130 Å². The van der Waals surface area contributed by atoms with Crippen LogP contribution >= 0.6 is 0 Å². The van der Waals surface area contributed by atoms with Gasteiger partial charge >= 0.3 is 1.43 Å². The number of hydrogen-bond donors (Lipinski definition) is 0. The molecule has 13 heavy (non-hydrogen) atoms. The van der Waals surface area contributed by atoms with Crippen molar-refractivity contribution in [3.63, 3.8) is 0 Å². The first-order chi connectivity index (χ1) is 0. The zero-order valence-corrected chi connectivity index (χ0v) is 12.4. The molecule has 13 heteroatoms. The second-order valence-electron chi connectivity index (χ2n) is 0. The van der Waals surface area contributed by atoms with Gasteiger partial charge in [0.05, 0.1) is 0 Å². The quantitative estimate of drug-likeness (QED) is 0.296. The van der Waals surface area contributed by atoms with Crippen molar-refractivity contribution in [2.75, 3.05) is 0 Å². The third-order valence-electron chi connectivity index (χ3n) is 0. The molecule has 0 heterocycles. The van der Waals surface area contributed by atoms with Gasteiger partial charge in [-0.2, -0.15) is 0 Å². The van der Waals surface area contributed by atoms with Crippen LogP contribution in [-0.2, 0) is 21.1 Å². The molecule has 0 aromatic rings. The molecule has 0 bridgehead atoms. The zero-order chi connectivity index (χ0) is 0. The van der Waals surface area contributed by atoms with E-state index in [2.05, 4.69) is 0 Å². The standard InChI is InChI=1S/6ClH.6H2O.Pt/h6*1H;6*1H2;/p-5. The fourth-order valence-electron chi connectivity index (χ4n) is 0. The molecule has 106 valence electrons. The first-order valence-corrected chi connectivity index (χ1v) is 0. The summed E-state index contributed by atoms with van der Waals surface area (Å²) in [5, 5.41) is 0. The number of rotatable bonds is 0. The molecule has 0 radical (unpaired) electrons. The van der Waals surface area contributed by atoms with Gasteiger partial charge in [0.15, 0.2) is 0 Å². The Morgan fingerprint density at radius 3 is 0.308 bits per heavy atom. The van der Waals surface area contributed by atoms with E-state index in [4.69, 9.17) is 0 Å². The average molecular weight is 517 g/mol. The van der Waals surface area contributed by atoms with Gasteiger partial charge in [-0.3, -0.25) is 0 Å². The molecule has 0 fully saturated rings. The van der Waals surface area contributed by atoms with Crippen LogP contribution in [0.3, 0.4) is 0 Å². The van der Waals surface area contributed by atoms with E-state index in [9.17, 15) is 0 Å². The van der Waals surface area contributed by atoms with Crippen molar-refractivity contribution in [3.05, 3.63) is 0 Å². The van der Waals surface area contributed by atoms with Crippen LogP contribution in [0.25, 0.3) is 0 Å². The third-order valence-corrected chi connectivity index (χ3v) is 0. The molecule has 0 atom stereocenters. The summed E-state index contributed by atoms with van der Waals surface area (Å²) in [6.45, 7) is 0. The van der Waals surface area contributed by atoms with E-state index in [0.717, 1.165) is 0 Å². The summed E-state index contributed by atoms with van der Waals surface area (Å²) in [4.78, 5) is 0. The SMILES string of the molecule is O.O.O.O.O.O.[Cl-].[Cl-].[Cl-].[Cl-].[Cl-].[Cl-].[H+].[Pt]. The number of hydrogen-bond acceptors (Lipinski definition) is 0. The topological polar surface area (TPSA) is 189 Å². The van der Waals surface area contributed by atoms with E-state index in [1.807, 2.05) is 0 Å². The molecule has 0 spiro atoms. The predicted molar refractivity (Wildman–Crippen MR) is 22.8 cm³/mol. The molecule has 6 nitrogen and oxygen atoms in total. The molecule has 0 aliphatic carbocycles. The van der Waals surface area contributed by atoms with Crippen LogP contribution in [0.4, 0.5) is 0 Å². The van der Waals surface area contributed by atoms with Crippen molar-refractivity contribution in [3.8, 4) is 0 Å². The summed E-state index contributed by atoms with van der Waals surface area (Å²) >= 11 is 0. The Kier molecular flexibility index (Phi) is 25300. The molecule has 12 N–H and O–H groups in total. The molecule has 0 saturated carbocycles. The fraction of sp³-hybridized carbons (Fsp3) is 0. The molecule has 0 unspecified atom stereocenters. The van der Waals surface area contributed by atoms with Crippen LogP contribution in [0.15, 0.2) is 0 Å². The monoisotopic (exact) mass is 514 g/mol. The van der Waals surface area contributed by atoms with Crippen LogP contribution in [0.5, 0.6) is 0 Å². The van der Waals surface area contributed by atoms with E-state index in [1.165, 1.54) is 0 Å². The van der Waals surface area contributed by atoms with Gasteiger partial charge in [-0.15, -0.1) is 0 Å². The largest absolute Gasteiger partial charge is 1.00 e. The smallest absolute Gasteiger partial charge is 1.00 e. The van der Waals surface area contributed by atoms with E-state index in [1.54, 1.807) is 0 Å². The van der Waals surface area contributed by atoms with Crippen LogP contribution in [-0.4, -0.2) is 32.9 Å². The average Bonchev–Trinajstić information content (AvgIpc) is 0. The predicted octanol–water partition coefficient (Wildman–Crippen LogP) is -22.8. The van der Waals surface area contributed by atoms with Gasteiger partial charge in [0.1, 0.15) is 0 Å². The summed E-state index contributed by atoms with van der Waals surface area (Å²) in [5.74, 6) is 0. The zero-order valence-electron chi connectivity index (χ0n) is 6.58. The molecule has 0 aromatic heterocycles. The Morgan fingerprint density at radius 1 is 0.308 bits per heavy atom. The summed E-state index contributed by atoms with van der Waals surface area (Å²) in [7, 11) is 0. The Hall–Kier alpha value is 2.19. The van der Waals surface area contributed by atoms with Crippen molar-refractivity contribution in [1.82, 2.24) is 0 Å². The van der Waals surface area contributed by atoms with Gasteiger partial charge in [-0.1, -0.05) is 0 Å². The van der Waals surface area contributed by atoms with E-state index in [-0.39, 0.29) is 130 Å². The molecule has 0 saturated heterocycles. The fourth-order valence-corrected chi connectivity index (χ4v) is 0. The molecule has 0 aromatic carbocycles. The summed E-state index contributed by atoms with van der Waals surface area (Å²) in [6.07, 6.45) is 0. The van der Waals surface area contributed by atoms with Crippen molar-refractivity contribution in [1.29, 1.82) is 0 Å². The minimum Gasteiger partial charge on any atom is -1.00 e. The Labute approximate surface area is 129 Å². The minimum atomic E-state index is 0. The normalized spacial score (nSPS) is 0. The molecule has 0 rings (SSSR count). The van der Waals surface area contributed by atoms with Crippen LogP contribution < -0.4 is 74.4 Å². The summed E-state index contributed by atoms with van der Waals surface area (Å²) < 4.78 is 0. The molecule has 0 amide bonds. The maximum absolute atomic E-state index is 0. The van der Waals surface area contributed by atoms with Gasteiger partial charge in [0, 0.05) is 21.1 Å². The molecule has 0 aliphatic rings. The second kappa shape index (κ2) is 515. The van der Waals surface area contributed by atoms with Crippen LogP contribution in [0.2, 0.25) is 0 Å². The van der Waals surface area contributed by atoms with Gasteiger partial charge < -0.3 is 107 Å². The van der Waals surface area contributed by atoms with Crippen molar-refractivity contribution >= 4 is 0 Å². The minimum absolute atomic E-state index is 0. The van der Waals surface area contributed by atoms with Crippen LogP contribution in [0, 0.1) is 0 Å². The van der Waals surface area contributed by atoms with Gasteiger partial charge in [-0.05, 0) is 0 Å². The van der Waals surface area contributed by atoms with E-state index >= 15 is 0 Å². The van der Waals surface area contributed by atoms with Gasteiger partial charge in [-0.25, -0.2) is 0 Å². The molecular weight excluding hydrogens is 504 g/mol. The second-order valence-corrected chi connectivity index (χ2v) is 0. The Morgan fingerprint density at radius 2 is 0.308 bits per heavy atom. The Balaban J connectivity index is 0. The van der Waals surface area contributed by atoms with Crippen LogP contribution in [0.1, 0.15) is 1.43 Å². The first-order valence-electron chi connectivity index (χ1n) is 0. The van der Waals surface area contributed by atoms with E-state index < -0.39 is 0 Å². The third kappa shape index (κ3) is 440.